The third-order valence-corrected chi connectivity index (χ3v) is 2.88. The Morgan fingerprint density at radius 1 is 1.78 bits per heavy atom. The van der Waals surface area contributed by atoms with Crippen molar-refractivity contribution >= 4 is 13.5 Å². The molecular formula is C6H7O2P. The predicted molar refractivity (Wildman–Crippen MR) is 37.1 cm³/mol. The molecule has 1 aromatic rings. The lowest BCUT2D eigenvalue weighted by Gasteiger charge is -1.88. The number of hydrogen-bond donors (Lipinski definition) is 1. The van der Waals surface area contributed by atoms with Gasteiger partial charge >= 0.3 is 5.97 Å². The molecule has 1 N–H and O–H groups in total. The lowest BCUT2D eigenvalue weighted by Crippen LogP contribution is -1.90. The zero-order chi connectivity index (χ0) is 6.85. The molecule has 0 spiro atoms. The molecule has 1 aromatic heterocycles. The Kier molecular flexibility index (Phi) is 1.58. The van der Waals surface area contributed by atoms with Gasteiger partial charge in [0.25, 0.3) is 0 Å². The number of rotatable bonds is 1. The van der Waals surface area contributed by atoms with Crippen LogP contribution in [0, 0.1) is 0 Å². The molecule has 0 radical (unpaired) electrons. The molecule has 3 heteroatoms. The number of aryl methyl sites for hydroxylation is 1. The maximum atomic E-state index is 10.3. The van der Waals surface area contributed by atoms with Gasteiger partial charge in [-0.25, -0.2) is 4.79 Å². The van der Waals surface area contributed by atoms with Crippen LogP contribution in [0.2, 0.25) is 0 Å². The molecule has 48 valence electrons. The van der Waals surface area contributed by atoms with Crippen LogP contribution in [0.3, 0.4) is 0 Å². The van der Waals surface area contributed by atoms with Crippen molar-refractivity contribution in [3.63, 3.8) is 0 Å². The van der Waals surface area contributed by atoms with E-state index in [0.29, 0.717) is 5.30 Å². The van der Waals surface area contributed by atoms with Crippen molar-refractivity contribution in [2.75, 3.05) is 0 Å². The van der Waals surface area contributed by atoms with Crippen molar-refractivity contribution in [2.24, 2.45) is 6.66 Å². The molecule has 0 fully saturated rings. The van der Waals surface area contributed by atoms with Crippen LogP contribution in [-0.4, -0.2) is 11.1 Å². The van der Waals surface area contributed by atoms with Crippen LogP contribution in [0.15, 0.2) is 17.9 Å². The van der Waals surface area contributed by atoms with E-state index in [0.717, 1.165) is 0 Å². The van der Waals surface area contributed by atoms with Crippen molar-refractivity contribution in [2.45, 2.75) is 0 Å². The van der Waals surface area contributed by atoms with E-state index in [1.807, 2.05) is 12.5 Å². The average Bonchev–Trinajstić information content (AvgIpc) is 2.13. The first kappa shape index (κ1) is 6.37. The van der Waals surface area contributed by atoms with Gasteiger partial charge in [-0.15, -0.1) is 7.53 Å². The van der Waals surface area contributed by atoms with Gasteiger partial charge in [0.05, 0.1) is 5.30 Å². The maximum absolute atomic E-state index is 10.3. The number of carbonyl (C=O) groups is 1. The second-order valence-electron chi connectivity index (χ2n) is 1.81. The summed E-state index contributed by atoms with van der Waals surface area (Å²) < 4.78 is 0. The Morgan fingerprint density at radius 2 is 2.44 bits per heavy atom. The molecule has 0 saturated heterocycles. The van der Waals surface area contributed by atoms with Crippen LogP contribution in [0.4, 0.5) is 0 Å². The molecule has 0 amide bonds. The number of hydrogen-bond acceptors (Lipinski definition) is 1. The first-order valence-corrected chi connectivity index (χ1v) is 4.42. The van der Waals surface area contributed by atoms with Crippen molar-refractivity contribution < 1.29 is 9.90 Å². The summed E-state index contributed by atoms with van der Waals surface area (Å²) in [4.78, 5) is 10.3. The fourth-order valence-electron chi connectivity index (χ4n) is 0.683. The highest BCUT2D eigenvalue weighted by Crippen LogP contribution is 2.28. The van der Waals surface area contributed by atoms with Gasteiger partial charge in [0.15, 0.2) is 0 Å². The van der Waals surface area contributed by atoms with Crippen molar-refractivity contribution in [3.05, 3.63) is 23.2 Å². The molecule has 0 bridgehead atoms. The second kappa shape index (κ2) is 2.24. The lowest BCUT2D eigenvalue weighted by molar-refractivity contribution is 0.0702. The van der Waals surface area contributed by atoms with Gasteiger partial charge in [-0.1, -0.05) is 6.07 Å². The van der Waals surface area contributed by atoms with E-state index in [-0.39, 0.29) is 0 Å². The Bertz CT molecular complexity index is 227. The molecule has 1 unspecified atom stereocenters. The van der Waals surface area contributed by atoms with Crippen LogP contribution < -0.4 is 0 Å². The topological polar surface area (TPSA) is 37.3 Å². The molecule has 1 rings (SSSR count). The summed E-state index contributed by atoms with van der Waals surface area (Å²) in [6.45, 7) is 1.93. The highest BCUT2D eigenvalue weighted by atomic mass is 31.1. The largest absolute Gasteiger partial charge is 0.477 e. The van der Waals surface area contributed by atoms with Gasteiger partial charge in [0, 0.05) is 0 Å². The Balaban J connectivity index is 3.08. The second-order valence-corrected chi connectivity index (χ2v) is 3.81. The van der Waals surface area contributed by atoms with E-state index in [1.165, 1.54) is 0 Å². The molecule has 0 aliphatic carbocycles. The SMILES string of the molecule is Cp1cccc1C(=O)O. The van der Waals surface area contributed by atoms with Crippen LogP contribution in [0.1, 0.15) is 10.1 Å². The van der Waals surface area contributed by atoms with Gasteiger partial charge in [-0.3, -0.25) is 0 Å². The Morgan fingerprint density at radius 3 is 2.67 bits per heavy atom. The highest BCUT2D eigenvalue weighted by Gasteiger charge is 2.03. The fourth-order valence-corrected chi connectivity index (χ4v) is 1.81. The van der Waals surface area contributed by atoms with E-state index < -0.39 is 13.5 Å². The van der Waals surface area contributed by atoms with Crippen LogP contribution >= 0.6 is 7.53 Å². The molecule has 0 aromatic carbocycles. The average molecular weight is 142 g/mol. The van der Waals surface area contributed by atoms with Crippen molar-refractivity contribution in [1.82, 2.24) is 0 Å². The monoisotopic (exact) mass is 142 g/mol. The Labute approximate surface area is 54.2 Å². The minimum absolute atomic E-state index is 0.487. The fraction of sp³-hybridized carbons (Fsp3) is 0.167. The van der Waals surface area contributed by atoms with Crippen molar-refractivity contribution in [3.8, 4) is 0 Å². The summed E-state index contributed by atoms with van der Waals surface area (Å²) in [6.07, 6.45) is 0. The number of carboxylic acid groups (broad SMARTS) is 1. The zero-order valence-corrected chi connectivity index (χ0v) is 5.93. The molecule has 9 heavy (non-hydrogen) atoms. The van der Waals surface area contributed by atoms with Gasteiger partial charge < -0.3 is 5.11 Å². The predicted octanol–water partition coefficient (Wildman–Crippen LogP) is 1.91. The normalized spacial score (nSPS) is 11.4. The zero-order valence-electron chi connectivity index (χ0n) is 5.03. The van der Waals surface area contributed by atoms with E-state index >= 15 is 0 Å². The summed E-state index contributed by atoms with van der Waals surface area (Å²) in [5, 5.41) is 9.04. The minimum Gasteiger partial charge on any atom is -0.477 e. The summed E-state index contributed by atoms with van der Waals surface area (Å²) in [5.41, 5.74) is 0. The molecule has 1 heterocycles. The van der Waals surface area contributed by atoms with E-state index in [2.05, 4.69) is 0 Å². The van der Waals surface area contributed by atoms with Crippen LogP contribution in [0.25, 0.3) is 0 Å². The van der Waals surface area contributed by atoms with E-state index in [1.54, 1.807) is 12.1 Å². The molecule has 1 atom stereocenters. The molecule has 2 nitrogen and oxygen atoms in total. The van der Waals surface area contributed by atoms with Gasteiger partial charge in [0.2, 0.25) is 0 Å². The minimum atomic E-state index is -0.784. The molecule has 0 saturated carbocycles. The van der Waals surface area contributed by atoms with Crippen LogP contribution in [0.5, 0.6) is 0 Å². The van der Waals surface area contributed by atoms with E-state index in [9.17, 15) is 4.79 Å². The number of carboxylic acids is 1. The van der Waals surface area contributed by atoms with Crippen LogP contribution in [-0.2, 0) is 6.66 Å². The maximum Gasteiger partial charge on any atom is 0.339 e. The lowest BCUT2D eigenvalue weighted by atomic mass is 10.5. The van der Waals surface area contributed by atoms with E-state index in [4.69, 9.17) is 5.11 Å². The Hall–Kier alpha value is -0.750. The quantitative estimate of drug-likeness (QED) is 0.650. The molecular weight excluding hydrogens is 135 g/mol. The summed E-state index contributed by atoms with van der Waals surface area (Å²) in [5.74, 6) is 1.15. The summed E-state index contributed by atoms with van der Waals surface area (Å²) >= 11 is 0. The first-order valence-electron chi connectivity index (χ1n) is 2.56. The van der Waals surface area contributed by atoms with Gasteiger partial charge in [-0.2, -0.15) is 0 Å². The van der Waals surface area contributed by atoms with Gasteiger partial charge in [-0.05, 0) is 18.5 Å². The highest BCUT2D eigenvalue weighted by molar-refractivity contribution is 7.49. The standard InChI is InChI=1S/C6H7O2P/c1-9-4-2-3-5(9)6(7)8/h2-4H,1H3,(H,7,8). The number of aromatic carboxylic acids is 1. The van der Waals surface area contributed by atoms with Gasteiger partial charge in [0.1, 0.15) is 0 Å². The summed E-state index contributed by atoms with van der Waals surface area (Å²) in [7, 11) is -0.487. The summed E-state index contributed by atoms with van der Waals surface area (Å²) in [6, 6.07) is 3.46. The molecule has 0 aliphatic rings. The third kappa shape index (κ3) is 1.14. The van der Waals surface area contributed by atoms with Crippen molar-refractivity contribution in [1.29, 1.82) is 0 Å². The first-order chi connectivity index (χ1) is 4.22. The third-order valence-electron chi connectivity index (χ3n) is 1.16. The molecule has 0 aliphatic heterocycles. The smallest absolute Gasteiger partial charge is 0.339 e.